The van der Waals surface area contributed by atoms with Crippen molar-refractivity contribution in [1.29, 1.82) is 0 Å². The molecule has 0 atom stereocenters. The monoisotopic (exact) mass is 218 g/mol. The molecule has 3 nitrogen and oxygen atoms in total. The molecule has 0 heterocycles. The van der Waals surface area contributed by atoms with E-state index in [0.717, 1.165) is 19.3 Å². The van der Waals surface area contributed by atoms with Crippen molar-refractivity contribution in [2.24, 2.45) is 0 Å². The van der Waals surface area contributed by atoms with Gasteiger partial charge in [0.2, 0.25) is 0 Å². The summed E-state index contributed by atoms with van der Waals surface area (Å²) in [5.41, 5.74) is 3.24. The van der Waals surface area contributed by atoms with Crippen LogP contribution in [-0.2, 0) is 22.4 Å². The number of esters is 1. The van der Waals surface area contributed by atoms with Gasteiger partial charge in [-0.1, -0.05) is 12.1 Å². The number of carbonyl (C=O) groups is 2. The highest BCUT2D eigenvalue weighted by Crippen LogP contribution is 2.22. The summed E-state index contributed by atoms with van der Waals surface area (Å²) in [6.45, 7) is 1.14. The van der Waals surface area contributed by atoms with Gasteiger partial charge in [0.05, 0.1) is 0 Å². The smallest absolute Gasteiger partial charge is 0.303 e. The molecule has 0 unspecified atom stereocenters. The molecule has 0 N–H and O–H groups in total. The summed E-state index contributed by atoms with van der Waals surface area (Å²) in [5.74, 6) is -0.556. The molecular formula is C13H14O3. The van der Waals surface area contributed by atoms with E-state index in [4.69, 9.17) is 0 Å². The maximum absolute atomic E-state index is 11.7. The van der Waals surface area contributed by atoms with Gasteiger partial charge in [0.1, 0.15) is 0 Å². The molecule has 0 fully saturated rings. The zero-order valence-corrected chi connectivity index (χ0v) is 9.29. The van der Waals surface area contributed by atoms with Crippen molar-refractivity contribution in [3.8, 4) is 0 Å². The molecule has 0 aliphatic heterocycles. The Labute approximate surface area is 94.4 Å². The van der Waals surface area contributed by atoms with E-state index in [1.807, 2.05) is 18.2 Å². The molecule has 0 amide bonds. The van der Waals surface area contributed by atoms with Crippen molar-refractivity contribution in [3.05, 3.63) is 34.9 Å². The predicted octanol–water partition coefficient (Wildman–Crippen LogP) is 1.92. The highest BCUT2D eigenvalue weighted by molar-refractivity contribution is 5.98. The summed E-state index contributed by atoms with van der Waals surface area (Å²) >= 11 is 0. The first-order valence-corrected chi connectivity index (χ1v) is 5.45. The lowest BCUT2D eigenvalue weighted by Gasteiger charge is -2.04. The van der Waals surface area contributed by atoms with Crippen molar-refractivity contribution in [2.75, 3.05) is 6.61 Å². The lowest BCUT2D eigenvalue weighted by molar-refractivity contribution is -0.139. The Balaban J connectivity index is 2.09. The molecule has 1 aromatic rings. The maximum Gasteiger partial charge on any atom is 0.303 e. The molecule has 1 aliphatic rings. The minimum atomic E-state index is -0.422. The Bertz CT molecular complexity index is 435. The molecule has 0 saturated heterocycles. The fraction of sp³-hybridized carbons (Fsp3) is 0.385. The highest BCUT2D eigenvalue weighted by Gasteiger charge is 2.14. The Morgan fingerprint density at radius 3 is 2.75 bits per heavy atom. The zero-order chi connectivity index (χ0) is 11.5. The molecule has 0 aromatic heterocycles. The van der Waals surface area contributed by atoms with Gasteiger partial charge in [-0.05, 0) is 36.5 Å². The fourth-order valence-electron chi connectivity index (χ4n) is 2.00. The van der Waals surface area contributed by atoms with E-state index in [-0.39, 0.29) is 12.4 Å². The lowest BCUT2D eigenvalue weighted by atomic mass is 10.0. The molecule has 0 saturated carbocycles. The summed E-state index contributed by atoms with van der Waals surface area (Å²) in [5, 5.41) is 0. The Hall–Kier alpha value is -1.64. The number of benzene rings is 1. The molecule has 1 aliphatic carbocycles. The molecule has 0 bridgehead atoms. The van der Waals surface area contributed by atoms with Gasteiger partial charge < -0.3 is 4.74 Å². The molecule has 0 spiro atoms. The number of Topliss-reactive ketones (excluding diaryl/α,β-unsaturated/α-hetero) is 1. The topological polar surface area (TPSA) is 43.4 Å². The van der Waals surface area contributed by atoms with Crippen molar-refractivity contribution in [3.63, 3.8) is 0 Å². The summed E-state index contributed by atoms with van der Waals surface area (Å²) in [6, 6.07) is 5.74. The van der Waals surface area contributed by atoms with Crippen LogP contribution in [-0.4, -0.2) is 18.4 Å². The largest absolute Gasteiger partial charge is 0.457 e. The van der Waals surface area contributed by atoms with E-state index in [1.165, 1.54) is 18.1 Å². The van der Waals surface area contributed by atoms with Crippen LogP contribution >= 0.6 is 0 Å². The van der Waals surface area contributed by atoms with Gasteiger partial charge >= 0.3 is 5.97 Å². The summed E-state index contributed by atoms with van der Waals surface area (Å²) < 4.78 is 4.69. The van der Waals surface area contributed by atoms with Gasteiger partial charge in [-0.15, -0.1) is 0 Å². The molecule has 84 valence electrons. The fourth-order valence-corrected chi connectivity index (χ4v) is 2.00. The van der Waals surface area contributed by atoms with Gasteiger partial charge in [-0.25, -0.2) is 0 Å². The minimum absolute atomic E-state index is 0.134. The van der Waals surface area contributed by atoms with Crippen LogP contribution in [0.2, 0.25) is 0 Å². The number of ether oxygens (including phenoxy) is 1. The summed E-state index contributed by atoms with van der Waals surface area (Å²) in [4.78, 5) is 22.3. The summed E-state index contributed by atoms with van der Waals surface area (Å²) in [6.07, 6.45) is 3.31. The van der Waals surface area contributed by atoms with Crippen LogP contribution in [0.15, 0.2) is 18.2 Å². The second-order valence-electron chi connectivity index (χ2n) is 4.04. The van der Waals surface area contributed by atoms with Crippen molar-refractivity contribution in [2.45, 2.75) is 26.2 Å². The number of hydrogen-bond donors (Lipinski definition) is 0. The van der Waals surface area contributed by atoms with Crippen LogP contribution in [0.25, 0.3) is 0 Å². The third-order valence-electron chi connectivity index (χ3n) is 2.83. The number of ketones is 1. The predicted molar refractivity (Wildman–Crippen MR) is 59.4 cm³/mol. The standard InChI is InChI=1S/C13H14O3/c1-9(14)16-8-13(15)12-6-5-10-3-2-4-11(10)7-12/h5-7H,2-4,8H2,1H3. The SMILES string of the molecule is CC(=O)OCC(=O)c1ccc2c(c1)CCC2. The molecule has 2 rings (SSSR count). The van der Waals surface area contributed by atoms with Crippen LogP contribution < -0.4 is 0 Å². The normalized spacial score (nSPS) is 13.3. The third-order valence-corrected chi connectivity index (χ3v) is 2.83. The number of fused-ring (bicyclic) bond motifs is 1. The number of aryl methyl sites for hydroxylation is 2. The first kappa shape index (κ1) is 10.9. The first-order chi connectivity index (χ1) is 7.66. The zero-order valence-electron chi connectivity index (χ0n) is 9.29. The number of rotatable bonds is 3. The van der Waals surface area contributed by atoms with Gasteiger partial charge in [0.15, 0.2) is 12.4 Å². The van der Waals surface area contributed by atoms with Crippen molar-refractivity contribution >= 4 is 11.8 Å². The van der Waals surface area contributed by atoms with Crippen LogP contribution in [0.4, 0.5) is 0 Å². The lowest BCUT2D eigenvalue weighted by Crippen LogP contribution is -2.12. The quantitative estimate of drug-likeness (QED) is 0.575. The van der Waals surface area contributed by atoms with Crippen LogP contribution in [0.1, 0.15) is 34.8 Å². The molecule has 1 aromatic carbocycles. The molecular weight excluding hydrogens is 204 g/mol. The van der Waals surface area contributed by atoms with E-state index in [2.05, 4.69) is 4.74 Å². The van der Waals surface area contributed by atoms with Crippen molar-refractivity contribution in [1.82, 2.24) is 0 Å². The van der Waals surface area contributed by atoms with E-state index in [0.29, 0.717) is 5.56 Å². The average molecular weight is 218 g/mol. The Kier molecular flexibility index (Phi) is 3.04. The van der Waals surface area contributed by atoms with E-state index < -0.39 is 5.97 Å². The Morgan fingerprint density at radius 1 is 1.25 bits per heavy atom. The van der Waals surface area contributed by atoms with Crippen LogP contribution in [0.3, 0.4) is 0 Å². The van der Waals surface area contributed by atoms with E-state index >= 15 is 0 Å². The van der Waals surface area contributed by atoms with Crippen LogP contribution in [0, 0.1) is 0 Å². The minimum Gasteiger partial charge on any atom is -0.457 e. The highest BCUT2D eigenvalue weighted by atomic mass is 16.5. The number of hydrogen-bond acceptors (Lipinski definition) is 3. The first-order valence-electron chi connectivity index (χ1n) is 5.45. The summed E-state index contributed by atoms with van der Waals surface area (Å²) in [7, 11) is 0. The molecule has 3 heteroatoms. The molecule has 16 heavy (non-hydrogen) atoms. The van der Waals surface area contributed by atoms with Crippen LogP contribution in [0.5, 0.6) is 0 Å². The van der Waals surface area contributed by atoms with Gasteiger partial charge in [-0.3, -0.25) is 9.59 Å². The third kappa shape index (κ3) is 2.30. The van der Waals surface area contributed by atoms with Gasteiger partial charge in [0.25, 0.3) is 0 Å². The maximum atomic E-state index is 11.7. The van der Waals surface area contributed by atoms with E-state index in [9.17, 15) is 9.59 Å². The van der Waals surface area contributed by atoms with Gasteiger partial charge in [0, 0.05) is 12.5 Å². The Morgan fingerprint density at radius 2 is 2.00 bits per heavy atom. The van der Waals surface area contributed by atoms with Gasteiger partial charge in [-0.2, -0.15) is 0 Å². The molecule has 0 radical (unpaired) electrons. The average Bonchev–Trinajstić information content (AvgIpc) is 2.72. The van der Waals surface area contributed by atoms with Crippen molar-refractivity contribution < 1.29 is 14.3 Å². The number of carbonyl (C=O) groups excluding carboxylic acids is 2. The van der Waals surface area contributed by atoms with E-state index in [1.54, 1.807) is 0 Å². The second kappa shape index (κ2) is 4.47. The second-order valence-corrected chi connectivity index (χ2v) is 4.04.